The van der Waals surface area contributed by atoms with Gasteiger partial charge in [0.2, 0.25) is 0 Å². The minimum absolute atomic E-state index is 0.0433. The summed E-state index contributed by atoms with van der Waals surface area (Å²) in [6.07, 6.45) is 4.63. The number of halogens is 2. The predicted molar refractivity (Wildman–Crippen MR) is 58.9 cm³/mol. The summed E-state index contributed by atoms with van der Waals surface area (Å²) in [7, 11) is 0. The zero-order valence-electron chi connectivity index (χ0n) is 8.14. The Morgan fingerprint density at radius 3 is 2.29 bits per heavy atom. The van der Waals surface area contributed by atoms with E-state index in [1.165, 1.54) is 12.8 Å². The molecule has 0 spiro atoms. The van der Waals surface area contributed by atoms with Crippen molar-refractivity contribution in [1.29, 1.82) is 0 Å². The molecule has 0 aromatic rings. The monoisotopic (exact) mass is 238 g/mol. The molecule has 0 unspecified atom stereocenters. The molecule has 0 aromatic heterocycles. The van der Waals surface area contributed by atoms with E-state index < -0.39 is 4.84 Å². The lowest BCUT2D eigenvalue weighted by Gasteiger charge is -2.20. The van der Waals surface area contributed by atoms with E-state index in [1.54, 1.807) is 0 Å². The molecule has 1 fully saturated rings. The van der Waals surface area contributed by atoms with Gasteiger partial charge in [-0.15, -0.1) is 23.2 Å². The number of carbonyl (C=O) groups excluding carboxylic acids is 1. The van der Waals surface area contributed by atoms with Gasteiger partial charge >= 0.3 is 6.03 Å². The smallest absolute Gasteiger partial charge is 0.317 e. The van der Waals surface area contributed by atoms with Gasteiger partial charge in [0.05, 0.1) is 0 Å². The van der Waals surface area contributed by atoms with Gasteiger partial charge in [0, 0.05) is 19.6 Å². The molecule has 1 aliphatic heterocycles. The maximum Gasteiger partial charge on any atom is 0.317 e. The zero-order chi connectivity index (χ0) is 10.4. The second-order valence-electron chi connectivity index (χ2n) is 3.48. The largest absolute Gasteiger partial charge is 0.335 e. The van der Waals surface area contributed by atoms with Crippen LogP contribution in [0.3, 0.4) is 0 Å². The number of likely N-dealkylation sites (tertiary alicyclic amines) is 1. The van der Waals surface area contributed by atoms with Crippen molar-refractivity contribution in [2.24, 2.45) is 0 Å². The van der Waals surface area contributed by atoms with Crippen LogP contribution in [0.25, 0.3) is 0 Å². The minimum Gasteiger partial charge on any atom is -0.335 e. The topological polar surface area (TPSA) is 32.3 Å². The molecule has 0 radical (unpaired) electrons. The lowest BCUT2D eigenvalue weighted by Crippen LogP contribution is -2.41. The first-order chi connectivity index (χ1) is 6.70. The molecule has 0 atom stereocenters. The molecule has 5 heteroatoms. The van der Waals surface area contributed by atoms with Gasteiger partial charge in [0.15, 0.2) is 0 Å². The maximum absolute atomic E-state index is 11.6. The molecular weight excluding hydrogens is 223 g/mol. The van der Waals surface area contributed by atoms with Crippen LogP contribution in [-0.4, -0.2) is 35.4 Å². The molecule has 14 heavy (non-hydrogen) atoms. The highest BCUT2D eigenvalue weighted by Gasteiger charge is 2.15. The summed E-state index contributed by atoms with van der Waals surface area (Å²) in [5.74, 6) is 0. The third-order valence-corrected chi connectivity index (χ3v) is 2.61. The first-order valence-electron chi connectivity index (χ1n) is 5.01. The van der Waals surface area contributed by atoms with Crippen LogP contribution in [0.15, 0.2) is 0 Å². The number of carbonyl (C=O) groups is 1. The molecule has 3 nitrogen and oxygen atoms in total. The van der Waals surface area contributed by atoms with Gasteiger partial charge in [-0.1, -0.05) is 12.8 Å². The van der Waals surface area contributed by atoms with E-state index >= 15 is 0 Å². The van der Waals surface area contributed by atoms with Crippen molar-refractivity contribution in [3.8, 4) is 0 Å². The van der Waals surface area contributed by atoms with E-state index in [4.69, 9.17) is 23.2 Å². The number of alkyl halides is 2. The van der Waals surface area contributed by atoms with Crippen molar-refractivity contribution in [3.63, 3.8) is 0 Å². The molecule has 0 bridgehead atoms. The minimum atomic E-state index is -0.522. The molecule has 82 valence electrons. The summed E-state index contributed by atoms with van der Waals surface area (Å²) in [6, 6.07) is -0.0433. The summed E-state index contributed by atoms with van der Waals surface area (Å²) in [4.78, 5) is 12.9. The van der Waals surface area contributed by atoms with Crippen LogP contribution in [0.1, 0.15) is 25.7 Å². The van der Waals surface area contributed by atoms with E-state index in [-0.39, 0.29) is 6.03 Å². The number of hydrogen-bond donors (Lipinski definition) is 1. The Bertz CT molecular complexity index is 180. The summed E-state index contributed by atoms with van der Waals surface area (Å²) >= 11 is 11.1. The normalized spacial score (nSPS) is 18.1. The Morgan fingerprint density at radius 1 is 1.21 bits per heavy atom. The lowest BCUT2D eigenvalue weighted by atomic mass is 10.2. The number of rotatable bonds is 2. The van der Waals surface area contributed by atoms with E-state index in [2.05, 4.69) is 5.32 Å². The van der Waals surface area contributed by atoms with Crippen LogP contribution in [-0.2, 0) is 0 Å². The summed E-state index contributed by atoms with van der Waals surface area (Å²) in [5.41, 5.74) is 0. The van der Waals surface area contributed by atoms with Crippen LogP contribution in [0.5, 0.6) is 0 Å². The quantitative estimate of drug-likeness (QED) is 0.737. The Balaban J connectivity index is 2.27. The van der Waals surface area contributed by atoms with Gasteiger partial charge in [0.25, 0.3) is 0 Å². The molecule has 1 saturated heterocycles. The summed E-state index contributed by atoms with van der Waals surface area (Å²) in [5, 5.41) is 2.70. The fraction of sp³-hybridized carbons (Fsp3) is 0.889. The summed E-state index contributed by atoms with van der Waals surface area (Å²) < 4.78 is 0. The van der Waals surface area contributed by atoms with Crippen molar-refractivity contribution in [3.05, 3.63) is 0 Å². The molecule has 0 aliphatic carbocycles. The fourth-order valence-corrected chi connectivity index (χ4v) is 1.70. The Hall–Kier alpha value is -0.150. The molecule has 1 aliphatic rings. The highest BCUT2D eigenvalue weighted by molar-refractivity contribution is 6.44. The molecular formula is C9H16Cl2N2O. The van der Waals surface area contributed by atoms with Crippen molar-refractivity contribution < 1.29 is 4.79 Å². The van der Waals surface area contributed by atoms with Crippen LogP contribution >= 0.6 is 23.2 Å². The Morgan fingerprint density at radius 2 is 1.79 bits per heavy atom. The van der Waals surface area contributed by atoms with Crippen LogP contribution < -0.4 is 5.32 Å². The standard InChI is InChI=1S/C9H16Cl2N2O/c10-8(11)7-12-9(14)13-5-3-1-2-4-6-13/h8H,1-7H2,(H,12,14). The molecule has 2 amide bonds. The van der Waals surface area contributed by atoms with Crippen molar-refractivity contribution in [1.82, 2.24) is 10.2 Å². The molecule has 1 N–H and O–H groups in total. The number of nitrogens with zero attached hydrogens (tertiary/aromatic N) is 1. The molecule has 0 saturated carbocycles. The SMILES string of the molecule is O=C(NCC(Cl)Cl)N1CCCCCC1. The number of amides is 2. The Kier molecular flexibility index (Phi) is 5.41. The van der Waals surface area contributed by atoms with Crippen molar-refractivity contribution in [2.75, 3.05) is 19.6 Å². The number of urea groups is 1. The number of hydrogen-bond acceptors (Lipinski definition) is 1. The maximum atomic E-state index is 11.6. The van der Waals surface area contributed by atoms with E-state index in [1.807, 2.05) is 4.90 Å². The van der Waals surface area contributed by atoms with E-state index in [0.29, 0.717) is 6.54 Å². The zero-order valence-corrected chi connectivity index (χ0v) is 9.65. The molecule has 1 rings (SSSR count). The fourth-order valence-electron chi connectivity index (χ4n) is 1.55. The average Bonchev–Trinajstić information content (AvgIpc) is 2.42. The van der Waals surface area contributed by atoms with Crippen LogP contribution in [0.2, 0.25) is 0 Å². The highest BCUT2D eigenvalue weighted by Crippen LogP contribution is 2.09. The van der Waals surface area contributed by atoms with Crippen LogP contribution in [0, 0.1) is 0 Å². The van der Waals surface area contributed by atoms with Gasteiger partial charge in [-0.2, -0.15) is 0 Å². The van der Waals surface area contributed by atoms with Crippen LogP contribution in [0.4, 0.5) is 4.79 Å². The first-order valence-corrected chi connectivity index (χ1v) is 5.88. The van der Waals surface area contributed by atoms with Gasteiger partial charge in [-0.3, -0.25) is 0 Å². The molecule has 0 aromatic carbocycles. The van der Waals surface area contributed by atoms with Crippen molar-refractivity contribution in [2.45, 2.75) is 30.5 Å². The lowest BCUT2D eigenvalue weighted by molar-refractivity contribution is 0.200. The molecule has 1 heterocycles. The van der Waals surface area contributed by atoms with E-state index in [9.17, 15) is 4.79 Å². The Labute approximate surface area is 94.7 Å². The van der Waals surface area contributed by atoms with Gasteiger partial charge < -0.3 is 10.2 Å². The predicted octanol–water partition coefficient (Wildman–Crippen LogP) is 2.38. The first kappa shape index (κ1) is 11.9. The number of nitrogens with one attached hydrogen (secondary N) is 1. The second-order valence-corrected chi connectivity index (χ2v) is 4.76. The third kappa shape index (κ3) is 4.38. The third-order valence-electron chi connectivity index (χ3n) is 2.30. The van der Waals surface area contributed by atoms with Gasteiger partial charge in [0.1, 0.15) is 4.84 Å². The van der Waals surface area contributed by atoms with Crippen molar-refractivity contribution >= 4 is 29.2 Å². The van der Waals surface area contributed by atoms with Gasteiger partial charge in [-0.05, 0) is 12.8 Å². The van der Waals surface area contributed by atoms with E-state index in [0.717, 1.165) is 25.9 Å². The summed E-state index contributed by atoms with van der Waals surface area (Å²) in [6.45, 7) is 2.01. The second kappa shape index (κ2) is 6.36. The van der Waals surface area contributed by atoms with Gasteiger partial charge in [-0.25, -0.2) is 4.79 Å². The highest BCUT2D eigenvalue weighted by atomic mass is 35.5. The average molecular weight is 239 g/mol.